The molecule has 1 saturated heterocycles. The fourth-order valence-corrected chi connectivity index (χ4v) is 4.11. The molecule has 24 heavy (non-hydrogen) atoms. The van der Waals surface area contributed by atoms with Crippen molar-refractivity contribution in [1.29, 1.82) is 0 Å². The Morgan fingerprint density at radius 1 is 1.04 bits per heavy atom. The van der Waals surface area contributed by atoms with E-state index in [1.807, 2.05) is 24.3 Å². The molecule has 1 fully saturated rings. The molecule has 4 nitrogen and oxygen atoms in total. The van der Waals surface area contributed by atoms with Crippen LogP contribution in [0.4, 0.5) is 0 Å². The van der Waals surface area contributed by atoms with Crippen LogP contribution in [0, 0.1) is 0 Å². The third-order valence-corrected chi connectivity index (χ3v) is 5.56. The first-order valence-corrected chi connectivity index (χ1v) is 9.69. The van der Waals surface area contributed by atoms with Gasteiger partial charge in [-0.1, -0.05) is 12.1 Å². The van der Waals surface area contributed by atoms with Gasteiger partial charge in [0.1, 0.15) is 6.61 Å². The topological polar surface area (TPSA) is 24.9 Å². The van der Waals surface area contributed by atoms with Crippen LogP contribution in [0.15, 0.2) is 41.1 Å². The Bertz CT molecular complexity index is 639. The molecule has 128 valence electrons. The van der Waals surface area contributed by atoms with E-state index in [0.29, 0.717) is 6.61 Å². The van der Waals surface area contributed by atoms with E-state index in [4.69, 9.17) is 9.47 Å². The highest BCUT2D eigenvalue weighted by molar-refractivity contribution is 7.07. The number of rotatable bonds is 5. The predicted molar refractivity (Wildman–Crippen MR) is 97.0 cm³/mol. The van der Waals surface area contributed by atoms with E-state index in [0.717, 1.165) is 37.7 Å². The molecule has 0 saturated carbocycles. The number of thiophene rings is 1. The van der Waals surface area contributed by atoms with Crippen LogP contribution in [0.3, 0.4) is 0 Å². The second-order valence-electron chi connectivity index (χ2n) is 6.44. The molecule has 4 rings (SSSR count). The molecule has 0 amide bonds. The lowest BCUT2D eigenvalue weighted by Gasteiger charge is -2.40. The number of piperazine rings is 1. The van der Waals surface area contributed by atoms with Gasteiger partial charge in [-0.2, -0.15) is 11.3 Å². The Kier molecular flexibility index (Phi) is 5.02. The standard InChI is InChI=1S/C19H24N2O2S/c1-2-6-18-17(5-1)22-14-19(23-18)21-11-9-20(10-12-21)8-3-4-16-7-13-24-15-16/h1-2,5-7,13,15,19H,3-4,8-12,14H2. The predicted octanol–water partition coefficient (Wildman–Crippen LogP) is 3.10. The second-order valence-corrected chi connectivity index (χ2v) is 7.22. The Morgan fingerprint density at radius 2 is 1.88 bits per heavy atom. The summed E-state index contributed by atoms with van der Waals surface area (Å²) in [6.07, 6.45) is 2.49. The van der Waals surface area contributed by atoms with E-state index in [1.54, 1.807) is 11.3 Å². The first kappa shape index (κ1) is 15.9. The van der Waals surface area contributed by atoms with Crippen LogP contribution in [0.5, 0.6) is 11.5 Å². The highest BCUT2D eigenvalue weighted by atomic mass is 32.1. The molecule has 3 heterocycles. The largest absolute Gasteiger partial charge is 0.484 e. The van der Waals surface area contributed by atoms with Crippen LogP contribution in [0.2, 0.25) is 0 Å². The maximum absolute atomic E-state index is 6.12. The van der Waals surface area contributed by atoms with Crippen molar-refractivity contribution in [3.8, 4) is 11.5 Å². The fraction of sp³-hybridized carbons (Fsp3) is 0.474. The van der Waals surface area contributed by atoms with Crippen LogP contribution < -0.4 is 9.47 Å². The Morgan fingerprint density at radius 3 is 2.67 bits per heavy atom. The van der Waals surface area contributed by atoms with E-state index in [1.165, 1.54) is 24.9 Å². The quantitative estimate of drug-likeness (QED) is 0.832. The van der Waals surface area contributed by atoms with E-state index in [-0.39, 0.29) is 6.23 Å². The van der Waals surface area contributed by atoms with Crippen molar-refractivity contribution in [3.63, 3.8) is 0 Å². The van der Waals surface area contributed by atoms with E-state index in [2.05, 4.69) is 26.6 Å². The van der Waals surface area contributed by atoms with Gasteiger partial charge in [-0.15, -0.1) is 0 Å². The minimum absolute atomic E-state index is 0.0489. The number of hydrogen-bond acceptors (Lipinski definition) is 5. The molecule has 2 aliphatic rings. The van der Waals surface area contributed by atoms with Crippen molar-refractivity contribution in [2.75, 3.05) is 39.3 Å². The fourth-order valence-electron chi connectivity index (χ4n) is 3.40. The summed E-state index contributed by atoms with van der Waals surface area (Å²) in [6.45, 7) is 6.14. The van der Waals surface area contributed by atoms with Crippen LogP contribution in [-0.4, -0.2) is 55.4 Å². The smallest absolute Gasteiger partial charge is 0.187 e. The summed E-state index contributed by atoms with van der Waals surface area (Å²) in [5.41, 5.74) is 1.48. The third kappa shape index (κ3) is 3.74. The third-order valence-electron chi connectivity index (χ3n) is 4.83. The molecule has 5 heteroatoms. The van der Waals surface area contributed by atoms with Crippen molar-refractivity contribution < 1.29 is 9.47 Å². The zero-order chi connectivity index (χ0) is 16.2. The average Bonchev–Trinajstić information content (AvgIpc) is 3.15. The number of para-hydroxylation sites is 2. The van der Waals surface area contributed by atoms with E-state index >= 15 is 0 Å². The molecule has 0 bridgehead atoms. The van der Waals surface area contributed by atoms with Crippen molar-refractivity contribution >= 4 is 11.3 Å². The summed E-state index contributed by atoms with van der Waals surface area (Å²) in [4.78, 5) is 4.98. The maximum atomic E-state index is 6.12. The first-order valence-electron chi connectivity index (χ1n) is 8.74. The highest BCUT2D eigenvalue weighted by Gasteiger charge is 2.29. The monoisotopic (exact) mass is 344 g/mol. The Balaban J connectivity index is 1.22. The molecular weight excluding hydrogens is 320 g/mol. The number of hydrogen-bond donors (Lipinski definition) is 0. The lowest BCUT2D eigenvalue weighted by Crippen LogP contribution is -2.54. The maximum Gasteiger partial charge on any atom is 0.187 e. The zero-order valence-corrected chi connectivity index (χ0v) is 14.7. The summed E-state index contributed by atoms with van der Waals surface area (Å²) < 4.78 is 12.0. The molecule has 0 aliphatic carbocycles. The molecule has 1 atom stereocenters. The van der Waals surface area contributed by atoms with Crippen molar-refractivity contribution in [2.45, 2.75) is 19.1 Å². The highest BCUT2D eigenvalue weighted by Crippen LogP contribution is 2.31. The lowest BCUT2D eigenvalue weighted by molar-refractivity contribution is -0.0493. The van der Waals surface area contributed by atoms with Crippen molar-refractivity contribution in [3.05, 3.63) is 46.7 Å². The van der Waals surface area contributed by atoms with Gasteiger partial charge < -0.3 is 14.4 Å². The van der Waals surface area contributed by atoms with Gasteiger partial charge >= 0.3 is 0 Å². The molecule has 1 unspecified atom stereocenters. The van der Waals surface area contributed by atoms with Gasteiger partial charge in [0, 0.05) is 26.2 Å². The molecule has 1 aromatic carbocycles. The first-order chi connectivity index (χ1) is 11.9. The summed E-state index contributed by atoms with van der Waals surface area (Å²) in [6, 6.07) is 10.2. The van der Waals surface area contributed by atoms with Crippen LogP contribution >= 0.6 is 11.3 Å². The van der Waals surface area contributed by atoms with Gasteiger partial charge in [0.25, 0.3) is 0 Å². The summed E-state index contributed by atoms with van der Waals surface area (Å²) in [5, 5.41) is 4.43. The van der Waals surface area contributed by atoms with Crippen molar-refractivity contribution in [1.82, 2.24) is 9.80 Å². The summed E-state index contributed by atoms with van der Waals surface area (Å²) >= 11 is 1.79. The summed E-state index contributed by atoms with van der Waals surface area (Å²) in [7, 11) is 0. The SMILES string of the molecule is c1ccc2c(c1)OCC(N1CCN(CCCc3ccsc3)CC1)O2. The number of fused-ring (bicyclic) bond motifs is 1. The number of ether oxygens (including phenoxy) is 2. The van der Waals surface area contributed by atoms with E-state index in [9.17, 15) is 0 Å². The zero-order valence-electron chi connectivity index (χ0n) is 13.9. The van der Waals surface area contributed by atoms with Gasteiger partial charge in [0.05, 0.1) is 0 Å². The average molecular weight is 344 g/mol. The van der Waals surface area contributed by atoms with Crippen molar-refractivity contribution in [2.24, 2.45) is 0 Å². The number of aryl methyl sites for hydroxylation is 1. The van der Waals surface area contributed by atoms with Crippen LogP contribution in [0.25, 0.3) is 0 Å². The summed E-state index contributed by atoms with van der Waals surface area (Å²) in [5.74, 6) is 1.73. The van der Waals surface area contributed by atoms with E-state index < -0.39 is 0 Å². The Hall–Kier alpha value is -1.56. The molecule has 2 aliphatic heterocycles. The number of benzene rings is 1. The van der Waals surface area contributed by atoms with Gasteiger partial charge in [-0.3, -0.25) is 4.90 Å². The molecule has 1 aromatic heterocycles. The number of nitrogens with zero attached hydrogens (tertiary/aromatic N) is 2. The normalized spacial score (nSPS) is 21.8. The molecule has 0 radical (unpaired) electrons. The minimum Gasteiger partial charge on any atom is -0.484 e. The van der Waals surface area contributed by atoms with Gasteiger partial charge in [-0.05, 0) is 53.9 Å². The Labute approximate surface area is 147 Å². The van der Waals surface area contributed by atoms with Gasteiger partial charge in [0.2, 0.25) is 0 Å². The molecule has 0 N–H and O–H groups in total. The van der Waals surface area contributed by atoms with Crippen LogP contribution in [-0.2, 0) is 6.42 Å². The lowest BCUT2D eigenvalue weighted by atomic mass is 10.2. The minimum atomic E-state index is 0.0489. The molecule has 2 aromatic rings. The molecule has 0 spiro atoms. The molecular formula is C19H24N2O2S. The van der Waals surface area contributed by atoms with Gasteiger partial charge in [-0.25, -0.2) is 0 Å². The van der Waals surface area contributed by atoms with Gasteiger partial charge in [0.15, 0.2) is 17.7 Å². The second kappa shape index (κ2) is 7.55. The van der Waals surface area contributed by atoms with Crippen LogP contribution in [0.1, 0.15) is 12.0 Å².